The van der Waals surface area contributed by atoms with Gasteiger partial charge in [0.15, 0.2) is 5.78 Å². The molecular formula is C22H27FN2O3S. The topological polar surface area (TPSA) is 57.7 Å². The van der Waals surface area contributed by atoms with Crippen LogP contribution in [0, 0.1) is 5.82 Å². The van der Waals surface area contributed by atoms with Crippen molar-refractivity contribution in [1.82, 2.24) is 4.31 Å². The molecule has 0 radical (unpaired) electrons. The van der Waals surface area contributed by atoms with Crippen molar-refractivity contribution >= 4 is 21.5 Å². The van der Waals surface area contributed by atoms with E-state index in [0.29, 0.717) is 24.7 Å². The third-order valence-electron chi connectivity index (χ3n) is 5.62. The lowest BCUT2D eigenvalue weighted by molar-refractivity contribution is 0.101. The number of carbonyl (C=O) groups excluding carboxylic acids is 1. The van der Waals surface area contributed by atoms with Crippen LogP contribution in [0.1, 0.15) is 49.0 Å². The van der Waals surface area contributed by atoms with Crippen molar-refractivity contribution in [3.05, 3.63) is 59.4 Å². The summed E-state index contributed by atoms with van der Waals surface area (Å²) in [4.78, 5) is 14.0. The minimum Gasteiger partial charge on any atom is -0.368 e. The summed E-state index contributed by atoms with van der Waals surface area (Å²) >= 11 is 0. The zero-order valence-electron chi connectivity index (χ0n) is 17.1. The molecule has 2 aromatic rings. The van der Waals surface area contributed by atoms with Gasteiger partial charge in [0, 0.05) is 26.2 Å². The van der Waals surface area contributed by atoms with Gasteiger partial charge >= 0.3 is 0 Å². The van der Waals surface area contributed by atoms with E-state index in [-0.39, 0.29) is 29.3 Å². The Kier molecular flexibility index (Phi) is 6.39. The van der Waals surface area contributed by atoms with Crippen molar-refractivity contribution < 1.29 is 17.6 Å². The SMILES string of the molecule is CCC(C)c1ccc(S(=O)(=O)N2CCN(c3cccc(F)c3C(C)=O)CC2)cc1. The average molecular weight is 419 g/mol. The maximum Gasteiger partial charge on any atom is 0.243 e. The summed E-state index contributed by atoms with van der Waals surface area (Å²) in [5.41, 5.74) is 1.70. The monoisotopic (exact) mass is 418 g/mol. The Morgan fingerprint density at radius 1 is 1.07 bits per heavy atom. The van der Waals surface area contributed by atoms with Gasteiger partial charge in [-0.05, 0) is 49.1 Å². The number of halogens is 1. The molecule has 1 atom stereocenters. The lowest BCUT2D eigenvalue weighted by Gasteiger charge is -2.36. The van der Waals surface area contributed by atoms with Gasteiger partial charge in [-0.1, -0.05) is 32.0 Å². The molecule has 3 rings (SSSR count). The number of benzene rings is 2. The maximum absolute atomic E-state index is 14.1. The molecule has 0 spiro atoms. The Bertz CT molecular complexity index is 982. The van der Waals surface area contributed by atoms with E-state index in [1.165, 1.54) is 17.3 Å². The second-order valence-electron chi connectivity index (χ2n) is 7.46. The van der Waals surface area contributed by atoms with Crippen LogP contribution in [0.25, 0.3) is 0 Å². The number of hydrogen-bond donors (Lipinski definition) is 0. The van der Waals surface area contributed by atoms with Gasteiger partial charge in [-0.3, -0.25) is 4.79 Å². The Morgan fingerprint density at radius 2 is 1.69 bits per heavy atom. The second kappa shape index (κ2) is 8.63. The Balaban J connectivity index is 1.75. The molecular weight excluding hydrogens is 391 g/mol. The van der Waals surface area contributed by atoms with E-state index >= 15 is 0 Å². The predicted molar refractivity (Wildman–Crippen MR) is 113 cm³/mol. The molecule has 1 aliphatic rings. The zero-order valence-corrected chi connectivity index (χ0v) is 17.9. The molecule has 2 aromatic carbocycles. The van der Waals surface area contributed by atoms with Crippen molar-refractivity contribution in [2.75, 3.05) is 31.1 Å². The number of rotatable bonds is 6. The minimum atomic E-state index is -3.59. The largest absolute Gasteiger partial charge is 0.368 e. The fraction of sp³-hybridized carbons (Fsp3) is 0.409. The number of Topliss-reactive ketones (excluding diaryl/α,β-unsaturated/α-hetero) is 1. The first kappa shape index (κ1) is 21.5. The highest BCUT2D eigenvalue weighted by molar-refractivity contribution is 7.89. The van der Waals surface area contributed by atoms with E-state index < -0.39 is 15.8 Å². The minimum absolute atomic E-state index is 0.0597. The van der Waals surface area contributed by atoms with E-state index in [9.17, 15) is 17.6 Å². The number of anilines is 1. The number of carbonyl (C=O) groups is 1. The quantitative estimate of drug-likeness (QED) is 0.664. The van der Waals surface area contributed by atoms with Gasteiger partial charge in [-0.2, -0.15) is 4.31 Å². The molecule has 156 valence electrons. The average Bonchev–Trinajstić information content (AvgIpc) is 2.73. The van der Waals surface area contributed by atoms with E-state index in [1.807, 2.05) is 17.0 Å². The van der Waals surface area contributed by atoms with Gasteiger partial charge in [-0.25, -0.2) is 12.8 Å². The lowest BCUT2D eigenvalue weighted by Crippen LogP contribution is -2.49. The fourth-order valence-corrected chi connectivity index (χ4v) is 5.07. The molecule has 1 fully saturated rings. The zero-order chi connectivity index (χ0) is 21.2. The van der Waals surface area contributed by atoms with E-state index in [0.717, 1.165) is 12.0 Å². The van der Waals surface area contributed by atoms with Crippen LogP contribution >= 0.6 is 0 Å². The Hall–Kier alpha value is -2.25. The van der Waals surface area contributed by atoms with Crippen molar-refractivity contribution in [3.8, 4) is 0 Å². The molecule has 29 heavy (non-hydrogen) atoms. The molecule has 0 bridgehead atoms. The first-order valence-corrected chi connectivity index (χ1v) is 11.3. The lowest BCUT2D eigenvalue weighted by atomic mass is 9.99. The third kappa shape index (κ3) is 4.36. The number of piperazine rings is 1. The maximum atomic E-state index is 14.1. The van der Waals surface area contributed by atoms with Crippen LogP contribution in [-0.2, 0) is 10.0 Å². The molecule has 1 saturated heterocycles. The molecule has 1 heterocycles. The van der Waals surface area contributed by atoms with E-state index in [2.05, 4.69) is 13.8 Å². The van der Waals surface area contributed by atoms with Gasteiger partial charge in [-0.15, -0.1) is 0 Å². The third-order valence-corrected chi connectivity index (χ3v) is 7.54. The highest BCUT2D eigenvalue weighted by atomic mass is 32.2. The van der Waals surface area contributed by atoms with Gasteiger partial charge in [0.2, 0.25) is 10.0 Å². The number of sulfonamides is 1. The van der Waals surface area contributed by atoms with Crippen LogP contribution in [0.5, 0.6) is 0 Å². The molecule has 7 heteroatoms. The van der Waals surface area contributed by atoms with Crippen LogP contribution in [0.4, 0.5) is 10.1 Å². The molecule has 0 aromatic heterocycles. The highest BCUT2D eigenvalue weighted by Crippen LogP contribution is 2.27. The molecule has 1 unspecified atom stereocenters. The molecule has 0 N–H and O–H groups in total. The normalized spacial score (nSPS) is 16.6. The molecule has 5 nitrogen and oxygen atoms in total. The summed E-state index contributed by atoms with van der Waals surface area (Å²) in [6.45, 7) is 6.91. The smallest absolute Gasteiger partial charge is 0.243 e. The van der Waals surface area contributed by atoms with Gasteiger partial charge in [0.25, 0.3) is 0 Å². The van der Waals surface area contributed by atoms with Gasteiger partial charge < -0.3 is 4.90 Å². The first-order valence-electron chi connectivity index (χ1n) is 9.90. The van der Waals surface area contributed by atoms with Crippen LogP contribution in [0.2, 0.25) is 0 Å². The summed E-state index contributed by atoms with van der Waals surface area (Å²) in [6, 6.07) is 11.6. The highest BCUT2D eigenvalue weighted by Gasteiger charge is 2.30. The van der Waals surface area contributed by atoms with Crippen LogP contribution < -0.4 is 4.90 Å². The summed E-state index contributed by atoms with van der Waals surface area (Å²) in [7, 11) is -3.59. The van der Waals surface area contributed by atoms with Crippen molar-refractivity contribution in [2.24, 2.45) is 0 Å². The van der Waals surface area contributed by atoms with E-state index in [1.54, 1.807) is 24.3 Å². The summed E-state index contributed by atoms with van der Waals surface area (Å²) in [5.74, 6) is -0.502. The van der Waals surface area contributed by atoms with Gasteiger partial charge in [0.1, 0.15) is 5.82 Å². The standard InChI is InChI=1S/C22H27FN2O3S/c1-4-16(2)18-8-10-19(11-9-18)29(27,28)25-14-12-24(13-15-25)21-7-5-6-20(23)22(21)17(3)26/h5-11,16H,4,12-15H2,1-3H3. The summed E-state index contributed by atoms with van der Waals surface area (Å²) < 4.78 is 41.6. The Labute approximate surface area is 172 Å². The Morgan fingerprint density at radius 3 is 2.24 bits per heavy atom. The first-order chi connectivity index (χ1) is 13.8. The molecule has 0 saturated carbocycles. The molecule has 1 aliphatic heterocycles. The van der Waals surface area contributed by atoms with Crippen LogP contribution in [0.15, 0.2) is 47.4 Å². The number of ketones is 1. The van der Waals surface area contributed by atoms with Gasteiger partial charge in [0.05, 0.1) is 16.1 Å². The number of nitrogens with zero attached hydrogens (tertiary/aromatic N) is 2. The molecule has 0 amide bonds. The number of hydrogen-bond acceptors (Lipinski definition) is 4. The van der Waals surface area contributed by atoms with Crippen molar-refractivity contribution in [2.45, 2.75) is 38.0 Å². The van der Waals surface area contributed by atoms with E-state index in [4.69, 9.17) is 0 Å². The fourth-order valence-electron chi connectivity index (χ4n) is 3.65. The summed E-state index contributed by atoms with van der Waals surface area (Å²) in [5, 5.41) is 0. The summed E-state index contributed by atoms with van der Waals surface area (Å²) in [6.07, 6.45) is 0.996. The van der Waals surface area contributed by atoms with Crippen LogP contribution in [0.3, 0.4) is 0 Å². The van der Waals surface area contributed by atoms with Crippen LogP contribution in [-0.4, -0.2) is 44.7 Å². The van der Waals surface area contributed by atoms with Crippen molar-refractivity contribution in [3.63, 3.8) is 0 Å². The molecule has 0 aliphatic carbocycles. The second-order valence-corrected chi connectivity index (χ2v) is 9.40. The van der Waals surface area contributed by atoms with Crippen molar-refractivity contribution in [1.29, 1.82) is 0 Å². The predicted octanol–water partition coefficient (Wildman–Crippen LogP) is 4.05.